The average molecular weight is 359 g/mol. The van der Waals surface area contributed by atoms with Crippen LogP contribution in [0.3, 0.4) is 0 Å². The van der Waals surface area contributed by atoms with E-state index in [1.54, 1.807) is 12.2 Å². The highest BCUT2D eigenvalue weighted by Crippen LogP contribution is 2.48. The van der Waals surface area contributed by atoms with Gasteiger partial charge in [-0.25, -0.2) is 0 Å². The van der Waals surface area contributed by atoms with Crippen LogP contribution in [0.2, 0.25) is 5.02 Å². The molecule has 2 aliphatic carbocycles. The summed E-state index contributed by atoms with van der Waals surface area (Å²) in [4.78, 5) is 23.8. The molecule has 24 heavy (non-hydrogen) atoms. The Labute approximate surface area is 140 Å². The van der Waals surface area contributed by atoms with Crippen LogP contribution in [0.15, 0.2) is 30.4 Å². The fourth-order valence-corrected chi connectivity index (χ4v) is 3.68. The second kappa shape index (κ2) is 5.81. The van der Waals surface area contributed by atoms with Gasteiger partial charge in [0.2, 0.25) is 5.91 Å². The Morgan fingerprint density at radius 3 is 2.38 bits per heavy atom. The van der Waals surface area contributed by atoms with Crippen molar-refractivity contribution in [3.05, 3.63) is 40.9 Å². The summed E-state index contributed by atoms with van der Waals surface area (Å²) in [6.07, 6.45) is -0.548. The molecule has 0 aliphatic heterocycles. The van der Waals surface area contributed by atoms with Gasteiger partial charge in [0.1, 0.15) is 0 Å². The Morgan fingerprint density at radius 1 is 1.17 bits per heavy atom. The molecule has 1 aromatic rings. The third-order valence-electron chi connectivity index (χ3n) is 4.59. The molecule has 128 valence electrons. The summed E-state index contributed by atoms with van der Waals surface area (Å²) in [5, 5.41) is 13.6. The molecule has 4 nitrogen and oxygen atoms in total. The molecular weight excluding hydrogens is 347 g/mol. The summed E-state index contributed by atoms with van der Waals surface area (Å²) in [5.74, 6) is -4.40. The third kappa shape index (κ3) is 2.88. The number of aliphatic carboxylic acids is 1. The molecule has 1 aromatic carbocycles. The molecule has 8 heteroatoms. The Balaban J connectivity index is 1.85. The Bertz CT molecular complexity index is 732. The molecule has 0 heterocycles. The van der Waals surface area contributed by atoms with Gasteiger partial charge in [0.25, 0.3) is 0 Å². The highest BCUT2D eigenvalue weighted by Gasteiger charge is 2.48. The van der Waals surface area contributed by atoms with Crippen molar-refractivity contribution in [2.75, 3.05) is 5.32 Å². The summed E-state index contributed by atoms with van der Waals surface area (Å²) in [6, 6.07) is 2.58. The first-order valence-corrected chi connectivity index (χ1v) is 7.63. The van der Waals surface area contributed by atoms with Crippen LogP contribution in [0.1, 0.15) is 12.0 Å². The SMILES string of the molecule is O=C(Nc1cc(C(F)(F)F)ccc1Cl)[C@@H]1[C@@H](C(=O)[O-])[C@H]2C=C[C@@H]1C2. The van der Waals surface area contributed by atoms with E-state index in [9.17, 15) is 27.9 Å². The zero-order valence-electron chi connectivity index (χ0n) is 12.1. The highest BCUT2D eigenvalue weighted by atomic mass is 35.5. The van der Waals surface area contributed by atoms with Gasteiger partial charge in [0, 0.05) is 11.9 Å². The van der Waals surface area contributed by atoms with Gasteiger partial charge in [-0.15, -0.1) is 0 Å². The number of hydrogen-bond donors (Lipinski definition) is 1. The van der Waals surface area contributed by atoms with Crippen molar-refractivity contribution in [2.24, 2.45) is 23.7 Å². The van der Waals surface area contributed by atoms with Gasteiger partial charge in [-0.2, -0.15) is 13.2 Å². The standard InChI is InChI=1S/C16H13ClF3NO3/c17-10-4-3-9(16(18,19)20)6-11(10)21-14(22)12-7-1-2-8(5-7)13(12)15(23)24/h1-4,6-8,12-13H,5H2,(H,21,22)(H,23,24)/p-1/t7-,8+,12+,13+/m1/s1. The Kier molecular flexibility index (Phi) is 4.07. The summed E-state index contributed by atoms with van der Waals surface area (Å²) >= 11 is 5.85. The number of carboxylic acid groups (broad SMARTS) is 1. The van der Waals surface area contributed by atoms with Crippen molar-refractivity contribution >= 4 is 29.2 Å². The molecule has 1 amide bonds. The highest BCUT2D eigenvalue weighted by molar-refractivity contribution is 6.33. The number of halogens is 4. The van der Waals surface area contributed by atoms with E-state index >= 15 is 0 Å². The molecule has 2 aliphatic rings. The van der Waals surface area contributed by atoms with E-state index in [0.29, 0.717) is 6.42 Å². The summed E-state index contributed by atoms with van der Waals surface area (Å²) in [5.41, 5.74) is -1.15. The first-order chi connectivity index (χ1) is 11.2. The van der Waals surface area contributed by atoms with E-state index in [1.165, 1.54) is 0 Å². The smallest absolute Gasteiger partial charge is 0.416 e. The molecule has 0 spiro atoms. The number of alkyl halides is 3. The van der Waals surface area contributed by atoms with Crippen LogP contribution in [-0.2, 0) is 15.8 Å². The van der Waals surface area contributed by atoms with E-state index in [4.69, 9.17) is 11.6 Å². The minimum atomic E-state index is -4.58. The van der Waals surface area contributed by atoms with E-state index in [-0.39, 0.29) is 22.5 Å². The molecular formula is C16H12ClF3NO3-. The van der Waals surface area contributed by atoms with Gasteiger partial charge in [-0.3, -0.25) is 4.79 Å². The van der Waals surface area contributed by atoms with Crippen LogP contribution < -0.4 is 10.4 Å². The fraction of sp³-hybridized carbons (Fsp3) is 0.375. The molecule has 0 saturated heterocycles. The molecule has 0 radical (unpaired) electrons. The van der Waals surface area contributed by atoms with Crippen molar-refractivity contribution in [3.63, 3.8) is 0 Å². The second-order valence-corrected chi connectivity index (χ2v) is 6.41. The summed E-state index contributed by atoms with van der Waals surface area (Å²) in [7, 11) is 0. The van der Waals surface area contributed by atoms with Crippen LogP contribution in [0.25, 0.3) is 0 Å². The van der Waals surface area contributed by atoms with Crippen molar-refractivity contribution < 1.29 is 27.9 Å². The molecule has 1 fully saturated rings. The molecule has 1 N–H and O–H groups in total. The lowest BCUT2D eigenvalue weighted by Gasteiger charge is -2.28. The zero-order chi connectivity index (χ0) is 17.6. The topological polar surface area (TPSA) is 69.2 Å². The number of carbonyl (C=O) groups excluding carboxylic acids is 2. The van der Waals surface area contributed by atoms with E-state index in [1.807, 2.05) is 0 Å². The third-order valence-corrected chi connectivity index (χ3v) is 4.92. The van der Waals surface area contributed by atoms with Gasteiger partial charge < -0.3 is 15.2 Å². The number of allylic oxidation sites excluding steroid dienone is 2. The quantitative estimate of drug-likeness (QED) is 0.844. The summed E-state index contributed by atoms with van der Waals surface area (Å²) < 4.78 is 38.3. The monoisotopic (exact) mass is 358 g/mol. The first-order valence-electron chi connectivity index (χ1n) is 7.25. The number of fused-ring (bicyclic) bond motifs is 2. The molecule has 0 aromatic heterocycles. The molecule has 0 unspecified atom stereocenters. The van der Waals surface area contributed by atoms with Crippen molar-refractivity contribution in [1.82, 2.24) is 0 Å². The number of anilines is 1. The van der Waals surface area contributed by atoms with Crippen molar-refractivity contribution in [3.8, 4) is 0 Å². The number of nitrogens with one attached hydrogen (secondary N) is 1. The Hall–Kier alpha value is -2.02. The maximum atomic E-state index is 12.8. The van der Waals surface area contributed by atoms with Gasteiger partial charge >= 0.3 is 6.18 Å². The Morgan fingerprint density at radius 2 is 1.79 bits per heavy atom. The number of hydrogen-bond acceptors (Lipinski definition) is 3. The van der Waals surface area contributed by atoms with E-state index in [2.05, 4.69) is 5.32 Å². The minimum absolute atomic E-state index is 0.0555. The van der Waals surface area contributed by atoms with Crippen LogP contribution in [0.5, 0.6) is 0 Å². The maximum Gasteiger partial charge on any atom is 0.416 e. The first kappa shape index (κ1) is 16.8. The number of carbonyl (C=O) groups is 2. The van der Waals surface area contributed by atoms with Gasteiger partial charge in [0.05, 0.1) is 22.2 Å². The number of benzene rings is 1. The van der Waals surface area contributed by atoms with Crippen molar-refractivity contribution in [1.29, 1.82) is 0 Å². The van der Waals surface area contributed by atoms with Crippen LogP contribution in [0.4, 0.5) is 18.9 Å². The lowest BCUT2D eigenvalue weighted by Crippen LogP contribution is -2.42. The molecule has 3 rings (SSSR count). The lowest BCUT2D eigenvalue weighted by molar-refractivity contribution is -0.313. The predicted octanol–water partition coefficient (Wildman–Crippen LogP) is 2.49. The van der Waals surface area contributed by atoms with E-state index < -0.39 is 35.5 Å². The molecule has 4 atom stereocenters. The van der Waals surface area contributed by atoms with Crippen molar-refractivity contribution in [2.45, 2.75) is 12.6 Å². The normalized spacial score (nSPS) is 28.2. The van der Waals surface area contributed by atoms with Crippen LogP contribution in [0, 0.1) is 23.7 Å². The summed E-state index contributed by atoms with van der Waals surface area (Å²) in [6.45, 7) is 0. The maximum absolute atomic E-state index is 12.8. The van der Waals surface area contributed by atoms with Crippen LogP contribution >= 0.6 is 11.6 Å². The lowest BCUT2D eigenvalue weighted by atomic mass is 9.82. The number of amides is 1. The van der Waals surface area contributed by atoms with Gasteiger partial charge in [-0.05, 0) is 36.5 Å². The zero-order valence-corrected chi connectivity index (χ0v) is 12.9. The number of carboxylic acids is 1. The predicted molar refractivity (Wildman–Crippen MR) is 77.8 cm³/mol. The van der Waals surface area contributed by atoms with Gasteiger partial charge in [0.15, 0.2) is 0 Å². The van der Waals surface area contributed by atoms with Gasteiger partial charge in [-0.1, -0.05) is 23.8 Å². The average Bonchev–Trinajstić information content (AvgIpc) is 3.08. The molecule has 2 bridgehead atoms. The number of rotatable bonds is 3. The second-order valence-electron chi connectivity index (χ2n) is 6.00. The van der Waals surface area contributed by atoms with E-state index in [0.717, 1.165) is 18.2 Å². The van der Waals surface area contributed by atoms with Crippen LogP contribution in [-0.4, -0.2) is 11.9 Å². The largest absolute Gasteiger partial charge is 0.550 e. The fourth-order valence-electron chi connectivity index (χ4n) is 3.51. The molecule has 1 saturated carbocycles. The minimum Gasteiger partial charge on any atom is -0.550 e.